The number of guanidine groups is 1. The minimum atomic E-state index is 0. The van der Waals surface area contributed by atoms with Crippen LogP contribution in [0.1, 0.15) is 31.5 Å². The van der Waals surface area contributed by atoms with Crippen molar-refractivity contribution in [1.82, 2.24) is 15.2 Å². The molecule has 1 aromatic rings. The second kappa shape index (κ2) is 10.8. The van der Waals surface area contributed by atoms with Crippen LogP contribution in [0, 0.1) is 12.8 Å². The lowest BCUT2D eigenvalue weighted by Gasteiger charge is -2.21. The third kappa shape index (κ3) is 6.25. The molecule has 5 nitrogen and oxygen atoms in total. The van der Waals surface area contributed by atoms with Crippen molar-refractivity contribution in [3.05, 3.63) is 29.6 Å². The molecule has 0 bridgehead atoms. The van der Waals surface area contributed by atoms with E-state index in [2.05, 4.69) is 35.1 Å². The lowest BCUT2D eigenvalue weighted by molar-refractivity contribution is 0.114. The molecule has 130 valence electrons. The largest absolute Gasteiger partial charge is 0.381 e. The smallest absolute Gasteiger partial charge is 0.194 e. The lowest BCUT2D eigenvalue weighted by atomic mass is 10.1. The highest BCUT2D eigenvalue weighted by Crippen LogP contribution is 2.17. The number of nitrogens with one attached hydrogen (secondary N) is 1. The van der Waals surface area contributed by atoms with E-state index in [-0.39, 0.29) is 24.0 Å². The van der Waals surface area contributed by atoms with Crippen LogP contribution in [-0.2, 0) is 11.3 Å². The normalized spacial score (nSPS) is 18.0. The number of hydrogen-bond acceptors (Lipinski definition) is 3. The summed E-state index contributed by atoms with van der Waals surface area (Å²) >= 11 is 0. The molecule has 6 heteroatoms. The quantitative estimate of drug-likeness (QED) is 0.427. The first kappa shape index (κ1) is 20.2. The number of nitrogens with zero attached hydrogens (tertiary/aromatic N) is 3. The van der Waals surface area contributed by atoms with Gasteiger partial charge in [0.25, 0.3) is 0 Å². The van der Waals surface area contributed by atoms with Crippen molar-refractivity contribution in [2.24, 2.45) is 10.9 Å². The summed E-state index contributed by atoms with van der Waals surface area (Å²) in [7, 11) is 0. The minimum Gasteiger partial charge on any atom is -0.381 e. The second-order valence-electron chi connectivity index (χ2n) is 5.70. The molecule has 2 heterocycles. The third-order valence-electron chi connectivity index (χ3n) is 3.97. The molecule has 0 saturated carbocycles. The Hall–Kier alpha value is -0.890. The first-order valence-corrected chi connectivity index (χ1v) is 8.26. The summed E-state index contributed by atoms with van der Waals surface area (Å²) in [6.45, 7) is 11.5. The summed E-state index contributed by atoms with van der Waals surface area (Å²) in [6.07, 6.45) is 3.01. The van der Waals surface area contributed by atoms with Crippen LogP contribution >= 0.6 is 24.0 Å². The monoisotopic (exact) mass is 432 g/mol. The molecule has 1 atom stereocenters. The van der Waals surface area contributed by atoms with Crippen molar-refractivity contribution >= 4 is 29.9 Å². The van der Waals surface area contributed by atoms with Gasteiger partial charge in [0.05, 0.1) is 18.8 Å². The highest BCUT2D eigenvalue weighted by Gasteiger charge is 2.24. The van der Waals surface area contributed by atoms with E-state index >= 15 is 0 Å². The van der Waals surface area contributed by atoms with E-state index in [1.54, 1.807) is 0 Å². The number of rotatable bonds is 6. The van der Waals surface area contributed by atoms with E-state index in [1.165, 1.54) is 12.0 Å². The predicted molar refractivity (Wildman–Crippen MR) is 105 cm³/mol. The fraction of sp³-hybridized carbons (Fsp3) is 0.647. The predicted octanol–water partition coefficient (Wildman–Crippen LogP) is 2.83. The summed E-state index contributed by atoms with van der Waals surface area (Å²) in [6, 6.07) is 4.05. The molecule has 23 heavy (non-hydrogen) atoms. The summed E-state index contributed by atoms with van der Waals surface area (Å²) < 4.78 is 5.55. The van der Waals surface area contributed by atoms with Gasteiger partial charge in [-0.2, -0.15) is 0 Å². The molecule has 0 spiro atoms. The molecular formula is C17H29IN4O. The molecule has 1 aliphatic rings. The van der Waals surface area contributed by atoms with Gasteiger partial charge >= 0.3 is 0 Å². The average Bonchev–Trinajstić information content (AvgIpc) is 2.99. The van der Waals surface area contributed by atoms with Crippen molar-refractivity contribution in [3.63, 3.8) is 0 Å². The Labute approximate surface area is 156 Å². The zero-order valence-electron chi connectivity index (χ0n) is 14.4. The maximum atomic E-state index is 5.55. The minimum absolute atomic E-state index is 0. The van der Waals surface area contributed by atoms with Crippen molar-refractivity contribution in [1.29, 1.82) is 0 Å². The van der Waals surface area contributed by atoms with Crippen molar-refractivity contribution in [2.45, 2.75) is 33.7 Å². The van der Waals surface area contributed by atoms with Gasteiger partial charge in [0, 0.05) is 38.4 Å². The topological polar surface area (TPSA) is 49.8 Å². The number of ether oxygens (including phenoxy) is 1. The SMILES string of the molecule is CCNC(=NCc1ncccc1C)N1CCC(COCC)C1.I. The highest BCUT2D eigenvalue weighted by molar-refractivity contribution is 14.0. The number of aliphatic imine (C=N–C) groups is 1. The van der Waals surface area contributed by atoms with Gasteiger partial charge in [0.15, 0.2) is 5.96 Å². The zero-order chi connectivity index (χ0) is 15.8. The third-order valence-corrected chi connectivity index (χ3v) is 3.97. The molecule has 1 aromatic heterocycles. The summed E-state index contributed by atoms with van der Waals surface area (Å²) in [5.74, 6) is 1.60. The Morgan fingerprint density at radius 1 is 1.48 bits per heavy atom. The second-order valence-corrected chi connectivity index (χ2v) is 5.70. The Kier molecular flexibility index (Phi) is 9.47. The zero-order valence-corrected chi connectivity index (χ0v) is 16.7. The molecule has 0 radical (unpaired) electrons. The van der Waals surface area contributed by atoms with Crippen LogP contribution in [-0.4, -0.2) is 48.7 Å². The number of pyridine rings is 1. The molecule has 0 aliphatic carbocycles. The fourth-order valence-electron chi connectivity index (χ4n) is 2.71. The molecule has 1 N–H and O–H groups in total. The number of likely N-dealkylation sites (tertiary alicyclic amines) is 1. The standard InChI is InChI=1S/C17H28N4O.HI/c1-4-18-17(20-11-16-14(3)7-6-9-19-16)21-10-8-15(12-21)13-22-5-2;/h6-7,9,15H,4-5,8,10-13H2,1-3H3,(H,18,20);1H. The Morgan fingerprint density at radius 2 is 2.30 bits per heavy atom. The first-order chi connectivity index (χ1) is 10.7. The summed E-state index contributed by atoms with van der Waals surface area (Å²) in [5, 5.41) is 3.40. The molecule has 0 amide bonds. The van der Waals surface area contributed by atoms with Crippen LogP contribution < -0.4 is 5.32 Å². The van der Waals surface area contributed by atoms with Crippen molar-refractivity contribution in [3.8, 4) is 0 Å². The number of aromatic nitrogens is 1. The van der Waals surface area contributed by atoms with E-state index in [9.17, 15) is 0 Å². The van der Waals surface area contributed by atoms with Crippen LogP contribution in [0.15, 0.2) is 23.3 Å². The highest BCUT2D eigenvalue weighted by atomic mass is 127. The van der Waals surface area contributed by atoms with Gasteiger partial charge in [0.2, 0.25) is 0 Å². The average molecular weight is 432 g/mol. The Morgan fingerprint density at radius 3 is 3.00 bits per heavy atom. The van der Waals surface area contributed by atoms with E-state index < -0.39 is 0 Å². The van der Waals surface area contributed by atoms with Gasteiger partial charge in [-0.1, -0.05) is 6.07 Å². The molecule has 1 aliphatic heterocycles. The van der Waals surface area contributed by atoms with E-state index in [0.29, 0.717) is 12.5 Å². The maximum absolute atomic E-state index is 5.55. The molecule has 1 saturated heterocycles. The van der Waals surface area contributed by atoms with Crippen molar-refractivity contribution in [2.75, 3.05) is 32.8 Å². The number of halogens is 1. The fourth-order valence-corrected chi connectivity index (χ4v) is 2.71. The Bertz CT molecular complexity index is 495. The molecular weight excluding hydrogens is 403 g/mol. The van der Waals surface area contributed by atoms with Gasteiger partial charge in [0.1, 0.15) is 0 Å². The molecule has 1 unspecified atom stereocenters. The van der Waals surface area contributed by atoms with Crippen LogP contribution in [0.25, 0.3) is 0 Å². The van der Waals surface area contributed by atoms with Crippen LogP contribution in [0.4, 0.5) is 0 Å². The van der Waals surface area contributed by atoms with Crippen molar-refractivity contribution < 1.29 is 4.74 Å². The molecule has 1 fully saturated rings. The van der Waals surface area contributed by atoms with E-state index in [1.807, 2.05) is 19.2 Å². The van der Waals surface area contributed by atoms with Gasteiger partial charge in [-0.15, -0.1) is 24.0 Å². The van der Waals surface area contributed by atoms with Crippen LogP contribution in [0.2, 0.25) is 0 Å². The van der Waals surface area contributed by atoms with Gasteiger partial charge in [-0.05, 0) is 38.8 Å². The first-order valence-electron chi connectivity index (χ1n) is 8.26. The Balaban J connectivity index is 0.00000264. The van der Waals surface area contributed by atoms with Crippen LogP contribution in [0.3, 0.4) is 0 Å². The van der Waals surface area contributed by atoms with E-state index in [4.69, 9.17) is 9.73 Å². The number of aryl methyl sites for hydroxylation is 1. The van der Waals surface area contributed by atoms with E-state index in [0.717, 1.165) is 44.5 Å². The van der Waals surface area contributed by atoms with Gasteiger partial charge < -0.3 is 15.0 Å². The van der Waals surface area contributed by atoms with Crippen LogP contribution in [0.5, 0.6) is 0 Å². The van der Waals surface area contributed by atoms with Gasteiger partial charge in [-0.3, -0.25) is 4.98 Å². The summed E-state index contributed by atoms with van der Waals surface area (Å²) in [5.41, 5.74) is 2.24. The summed E-state index contributed by atoms with van der Waals surface area (Å²) in [4.78, 5) is 11.5. The van der Waals surface area contributed by atoms with Gasteiger partial charge in [-0.25, -0.2) is 4.99 Å². The lowest BCUT2D eigenvalue weighted by Crippen LogP contribution is -2.40. The maximum Gasteiger partial charge on any atom is 0.194 e. The molecule has 0 aromatic carbocycles. The molecule has 2 rings (SSSR count). The number of hydrogen-bond donors (Lipinski definition) is 1.